The predicted octanol–water partition coefficient (Wildman–Crippen LogP) is 4.20. The maximum atomic E-state index is 13.5. The van der Waals surface area contributed by atoms with Crippen molar-refractivity contribution in [2.45, 2.75) is 11.8 Å². The van der Waals surface area contributed by atoms with E-state index in [1.807, 2.05) is 0 Å². The molecule has 0 aliphatic heterocycles. The minimum Gasteiger partial charge on any atom is -0.495 e. The molecule has 0 saturated heterocycles. The van der Waals surface area contributed by atoms with Gasteiger partial charge in [0, 0.05) is 18.2 Å². The number of rotatable bonds is 5. The summed E-state index contributed by atoms with van der Waals surface area (Å²) in [5.74, 6) is -2.67. The third-order valence-corrected chi connectivity index (χ3v) is 5.06. The summed E-state index contributed by atoms with van der Waals surface area (Å²) in [5.41, 5.74) is -4.51. The van der Waals surface area contributed by atoms with Crippen LogP contribution in [0.15, 0.2) is 36.4 Å². The largest absolute Gasteiger partial charge is 0.495 e. The Bertz CT molecular complexity index is 983. The Kier molecular flexibility index (Phi) is 6.90. The number of carbonyl (C=O) groups is 2. The van der Waals surface area contributed by atoms with E-state index in [-0.39, 0.29) is 27.0 Å². The normalized spacial score (nSPS) is 13.4. The van der Waals surface area contributed by atoms with Gasteiger partial charge in [-0.15, -0.1) is 0 Å². The molecule has 30 heavy (non-hydrogen) atoms. The highest BCUT2D eigenvalue weighted by molar-refractivity contribution is 6.42. The summed E-state index contributed by atoms with van der Waals surface area (Å²) in [4.78, 5) is 25.6. The average Bonchev–Trinajstić information content (AvgIpc) is 2.71. The van der Waals surface area contributed by atoms with Gasteiger partial charge in [0.2, 0.25) is 0 Å². The van der Waals surface area contributed by atoms with E-state index in [2.05, 4.69) is 4.74 Å². The molecule has 6 nitrogen and oxygen atoms in total. The van der Waals surface area contributed by atoms with Crippen molar-refractivity contribution in [3.63, 3.8) is 0 Å². The lowest BCUT2D eigenvalue weighted by molar-refractivity contribution is -0.266. The number of halogens is 5. The van der Waals surface area contributed by atoms with Gasteiger partial charge in [-0.2, -0.15) is 13.2 Å². The second-order valence-corrected chi connectivity index (χ2v) is 6.89. The topological polar surface area (TPSA) is 76.1 Å². The number of anilines is 1. The molecular weight excluding hydrogens is 450 g/mol. The van der Waals surface area contributed by atoms with Gasteiger partial charge in [-0.05, 0) is 30.3 Å². The standard InChI is InChI=1S/C19H16Cl2F3NO5/c1-25(16(26)10-4-6-12(20)13(21)8-10)14-7-5-11(9-15(14)29-2)18(28,17(27)30-3)19(22,23)24/h4-9,28H,1-3H3. The smallest absolute Gasteiger partial charge is 0.432 e. The van der Waals surface area contributed by atoms with E-state index >= 15 is 0 Å². The molecule has 1 unspecified atom stereocenters. The Hall–Kier alpha value is -2.49. The van der Waals surface area contributed by atoms with Crippen LogP contribution in [-0.4, -0.2) is 44.4 Å². The van der Waals surface area contributed by atoms with Crippen molar-refractivity contribution in [1.29, 1.82) is 0 Å². The van der Waals surface area contributed by atoms with Gasteiger partial charge in [0.05, 0.1) is 30.0 Å². The second-order valence-electron chi connectivity index (χ2n) is 6.08. The summed E-state index contributed by atoms with van der Waals surface area (Å²) >= 11 is 11.8. The predicted molar refractivity (Wildman–Crippen MR) is 104 cm³/mol. The zero-order chi connectivity index (χ0) is 22.9. The molecule has 0 fully saturated rings. The Balaban J connectivity index is 2.52. The third kappa shape index (κ3) is 4.19. The van der Waals surface area contributed by atoms with Gasteiger partial charge in [-0.3, -0.25) is 4.79 Å². The van der Waals surface area contributed by atoms with Gasteiger partial charge >= 0.3 is 12.1 Å². The first-order chi connectivity index (χ1) is 13.9. The summed E-state index contributed by atoms with van der Waals surface area (Å²) in [6.45, 7) is 0. The minimum atomic E-state index is -5.37. The van der Waals surface area contributed by atoms with Gasteiger partial charge in [-0.25, -0.2) is 4.79 Å². The number of alkyl halides is 3. The number of benzene rings is 2. The monoisotopic (exact) mass is 465 g/mol. The number of ether oxygens (including phenoxy) is 2. The molecule has 1 amide bonds. The van der Waals surface area contributed by atoms with Crippen molar-refractivity contribution in [3.05, 3.63) is 57.6 Å². The minimum absolute atomic E-state index is 0.0757. The molecule has 0 aliphatic carbocycles. The van der Waals surface area contributed by atoms with E-state index in [9.17, 15) is 27.9 Å². The van der Waals surface area contributed by atoms with Gasteiger partial charge < -0.3 is 19.5 Å². The van der Waals surface area contributed by atoms with Crippen molar-refractivity contribution < 1.29 is 37.3 Å². The molecule has 2 aromatic rings. The van der Waals surface area contributed by atoms with Crippen LogP contribution in [-0.2, 0) is 15.1 Å². The molecular formula is C19H16Cl2F3NO5. The number of hydrogen-bond donors (Lipinski definition) is 1. The Labute approximate surface area is 179 Å². The van der Waals surface area contributed by atoms with Crippen molar-refractivity contribution >= 4 is 40.8 Å². The lowest BCUT2D eigenvalue weighted by Gasteiger charge is -2.29. The third-order valence-electron chi connectivity index (χ3n) is 4.32. The van der Waals surface area contributed by atoms with Crippen LogP contribution in [0.4, 0.5) is 18.9 Å². The number of nitrogens with zero attached hydrogens (tertiary/aromatic N) is 1. The molecule has 0 bridgehead atoms. The van der Waals surface area contributed by atoms with Crippen LogP contribution in [0.25, 0.3) is 0 Å². The van der Waals surface area contributed by atoms with Gasteiger partial charge in [0.25, 0.3) is 11.5 Å². The number of esters is 1. The van der Waals surface area contributed by atoms with Gasteiger partial charge in [0.15, 0.2) is 0 Å². The molecule has 1 N–H and O–H groups in total. The molecule has 2 aromatic carbocycles. The second kappa shape index (κ2) is 8.71. The Morgan fingerprint density at radius 2 is 1.67 bits per heavy atom. The highest BCUT2D eigenvalue weighted by Crippen LogP contribution is 2.43. The van der Waals surface area contributed by atoms with E-state index < -0.39 is 29.2 Å². The highest BCUT2D eigenvalue weighted by Gasteiger charge is 2.62. The number of hydrogen-bond acceptors (Lipinski definition) is 5. The SMILES string of the molecule is COC(=O)C(O)(c1ccc(N(C)C(=O)c2ccc(Cl)c(Cl)c2)c(OC)c1)C(F)(F)F. The number of aliphatic hydroxyl groups is 1. The fourth-order valence-corrected chi connectivity index (χ4v) is 2.96. The Morgan fingerprint density at radius 1 is 1.03 bits per heavy atom. The summed E-state index contributed by atoms with van der Waals surface area (Å²) in [7, 11) is 3.23. The van der Waals surface area contributed by atoms with Crippen LogP contribution in [0.1, 0.15) is 15.9 Å². The van der Waals surface area contributed by atoms with E-state index in [1.54, 1.807) is 0 Å². The first kappa shape index (κ1) is 23.8. The maximum Gasteiger partial charge on any atom is 0.432 e. The highest BCUT2D eigenvalue weighted by atomic mass is 35.5. The Morgan fingerprint density at radius 3 is 2.17 bits per heavy atom. The average molecular weight is 466 g/mol. The zero-order valence-electron chi connectivity index (χ0n) is 15.9. The maximum absolute atomic E-state index is 13.5. The van der Waals surface area contributed by atoms with E-state index in [4.69, 9.17) is 27.9 Å². The number of carbonyl (C=O) groups excluding carboxylic acids is 2. The summed E-state index contributed by atoms with van der Waals surface area (Å²) < 4.78 is 49.6. The van der Waals surface area contributed by atoms with Crippen molar-refractivity contribution in [2.75, 3.05) is 26.2 Å². The molecule has 0 heterocycles. The lowest BCUT2D eigenvalue weighted by atomic mass is 9.92. The molecule has 0 spiro atoms. The van der Waals surface area contributed by atoms with Crippen LogP contribution in [0.5, 0.6) is 5.75 Å². The molecule has 11 heteroatoms. The molecule has 2 rings (SSSR count). The molecule has 1 atom stereocenters. The lowest BCUT2D eigenvalue weighted by Crippen LogP contribution is -2.49. The zero-order valence-corrected chi connectivity index (χ0v) is 17.4. The molecule has 0 aliphatic rings. The van der Waals surface area contributed by atoms with Gasteiger partial charge in [0.1, 0.15) is 5.75 Å². The molecule has 0 aromatic heterocycles. The van der Waals surface area contributed by atoms with Crippen LogP contribution >= 0.6 is 23.2 Å². The van der Waals surface area contributed by atoms with Crippen molar-refractivity contribution in [3.8, 4) is 5.75 Å². The number of methoxy groups -OCH3 is 2. The van der Waals surface area contributed by atoms with Crippen LogP contribution < -0.4 is 9.64 Å². The fraction of sp³-hybridized carbons (Fsp3) is 0.263. The van der Waals surface area contributed by atoms with E-state index in [1.165, 1.54) is 25.2 Å². The first-order valence-corrected chi connectivity index (χ1v) is 8.93. The number of amides is 1. The van der Waals surface area contributed by atoms with E-state index in [0.717, 1.165) is 30.2 Å². The van der Waals surface area contributed by atoms with Gasteiger partial charge in [-0.1, -0.05) is 29.3 Å². The summed E-state index contributed by atoms with van der Waals surface area (Å²) in [6, 6.07) is 6.93. The summed E-state index contributed by atoms with van der Waals surface area (Å²) in [6.07, 6.45) is -5.37. The molecule has 0 saturated carbocycles. The molecule has 162 valence electrons. The van der Waals surface area contributed by atoms with Crippen LogP contribution in [0.3, 0.4) is 0 Å². The van der Waals surface area contributed by atoms with E-state index in [0.29, 0.717) is 7.11 Å². The summed E-state index contributed by atoms with van der Waals surface area (Å²) in [5, 5.41) is 10.5. The molecule has 0 radical (unpaired) electrons. The van der Waals surface area contributed by atoms with Crippen LogP contribution in [0, 0.1) is 0 Å². The van der Waals surface area contributed by atoms with Crippen molar-refractivity contribution in [2.24, 2.45) is 0 Å². The quantitative estimate of drug-likeness (QED) is 0.669. The first-order valence-electron chi connectivity index (χ1n) is 8.17. The van der Waals surface area contributed by atoms with Crippen molar-refractivity contribution in [1.82, 2.24) is 0 Å². The fourth-order valence-electron chi connectivity index (χ4n) is 2.66. The van der Waals surface area contributed by atoms with Crippen LogP contribution in [0.2, 0.25) is 10.0 Å².